The van der Waals surface area contributed by atoms with Gasteiger partial charge in [-0.1, -0.05) is 12.2 Å². The smallest absolute Gasteiger partial charge is 0.249 e. The Morgan fingerprint density at radius 2 is 2.27 bits per heavy atom. The first-order valence-corrected chi connectivity index (χ1v) is 4.74. The molecule has 0 radical (unpaired) electrons. The predicted molar refractivity (Wildman–Crippen MR) is 55.7 cm³/mol. The van der Waals surface area contributed by atoms with E-state index in [2.05, 4.69) is 17.5 Å². The molecule has 15 heavy (non-hydrogen) atoms. The van der Waals surface area contributed by atoms with Crippen molar-refractivity contribution in [2.24, 2.45) is 5.73 Å². The number of amides is 3. The molecule has 1 aliphatic rings. The van der Waals surface area contributed by atoms with Crippen molar-refractivity contribution in [1.82, 2.24) is 10.2 Å². The Labute approximate surface area is 91.8 Å². The van der Waals surface area contributed by atoms with Gasteiger partial charge in [0.05, 0.1) is 11.4 Å². The van der Waals surface area contributed by atoms with Crippen LogP contribution in [-0.4, -0.2) is 40.2 Å². The van der Waals surface area contributed by atoms with Gasteiger partial charge in [0.2, 0.25) is 17.7 Å². The van der Waals surface area contributed by atoms with Crippen LogP contribution in [0.5, 0.6) is 0 Å². The minimum absolute atomic E-state index is 0.0469. The zero-order chi connectivity index (χ0) is 11.6. The lowest BCUT2D eigenvalue weighted by Crippen LogP contribution is -2.58. The van der Waals surface area contributed by atoms with Gasteiger partial charge in [0, 0.05) is 0 Å². The standard InChI is InChI=1S/C8H11N3O3S/c1-4-8(14)10-6(12)3-11(4)7(13)2-5(9)15/h4H,2-3H2,1H3,(H2,9,15)(H,10,12,14). The Bertz CT molecular complexity index is 342. The fourth-order valence-electron chi connectivity index (χ4n) is 1.27. The van der Waals surface area contributed by atoms with E-state index in [4.69, 9.17) is 5.73 Å². The van der Waals surface area contributed by atoms with Gasteiger partial charge in [-0.2, -0.15) is 0 Å². The first kappa shape index (κ1) is 11.6. The van der Waals surface area contributed by atoms with E-state index in [-0.39, 0.29) is 18.0 Å². The summed E-state index contributed by atoms with van der Waals surface area (Å²) in [4.78, 5) is 35.0. The number of imide groups is 1. The molecule has 3 amide bonds. The lowest BCUT2D eigenvalue weighted by atomic mass is 10.2. The number of piperazine rings is 1. The maximum absolute atomic E-state index is 11.5. The second-order valence-corrected chi connectivity index (χ2v) is 3.78. The van der Waals surface area contributed by atoms with Gasteiger partial charge in [-0.3, -0.25) is 19.7 Å². The molecule has 0 aromatic rings. The molecule has 1 atom stereocenters. The molecular weight excluding hydrogens is 218 g/mol. The summed E-state index contributed by atoms with van der Waals surface area (Å²) in [5, 5.41) is 2.13. The van der Waals surface area contributed by atoms with Crippen LogP contribution in [0.3, 0.4) is 0 Å². The van der Waals surface area contributed by atoms with E-state index in [0.29, 0.717) is 0 Å². The number of thiocarbonyl (C=S) groups is 1. The lowest BCUT2D eigenvalue weighted by molar-refractivity contribution is -0.148. The molecule has 0 aromatic carbocycles. The Kier molecular flexibility index (Phi) is 3.35. The van der Waals surface area contributed by atoms with Gasteiger partial charge in [0.25, 0.3) is 0 Å². The van der Waals surface area contributed by atoms with Crippen molar-refractivity contribution in [1.29, 1.82) is 0 Å². The summed E-state index contributed by atoms with van der Waals surface area (Å²) in [5.74, 6) is -1.38. The van der Waals surface area contributed by atoms with Crippen LogP contribution >= 0.6 is 12.2 Å². The maximum atomic E-state index is 11.5. The molecule has 1 heterocycles. The van der Waals surface area contributed by atoms with Gasteiger partial charge in [0.1, 0.15) is 12.6 Å². The minimum Gasteiger partial charge on any atom is -0.393 e. The van der Waals surface area contributed by atoms with Crippen molar-refractivity contribution in [2.45, 2.75) is 19.4 Å². The molecule has 0 saturated carbocycles. The van der Waals surface area contributed by atoms with Crippen LogP contribution in [0.1, 0.15) is 13.3 Å². The van der Waals surface area contributed by atoms with Crippen LogP contribution in [0, 0.1) is 0 Å². The molecule has 1 rings (SSSR count). The van der Waals surface area contributed by atoms with Gasteiger partial charge >= 0.3 is 0 Å². The third-order valence-electron chi connectivity index (χ3n) is 2.07. The van der Waals surface area contributed by atoms with Crippen molar-refractivity contribution >= 4 is 34.9 Å². The zero-order valence-corrected chi connectivity index (χ0v) is 8.97. The summed E-state index contributed by atoms with van der Waals surface area (Å²) >= 11 is 4.58. The molecular formula is C8H11N3O3S. The van der Waals surface area contributed by atoms with Gasteiger partial charge in [-0.25, -0.2) is 0 Å². The Morgan fingerprint density at radius 3 is 2.80 bits per heavy atom. The Balaban J connectivity index is 2.74. The fourth-order valence-corrected chi connectivity index (χ4v) is 1.39. The fraction of sp³-hybridized carbons (Fsp3) is 0.500. The molecule has 7 heteroatoms. The molecule has 1 saturated heterocycles. The maximum Gasteiger partial charge on any atom is 0.249 e. The lowest BCUT2D eigenvalue weighted by Gasteiger charge is -2.31. The number of rotatable bonds is 2. The van der Waals surface area contributed by atoms with Crippen molar-refractivity contribution in [2.75, 3.05) is 6.54 Å². The third-order valence-corrected chi connectivity index (χ3v) is 2.21. The van der Waals surface area contributed by atoms with Crippen LogP contribution < -0.4 is 11.1 Å². The molecule has 0 aromatic heterocycles. The normalized spacial score (nSPS) is 21.1. The van der Waals surface area contributed by atoms with Crippen LogP contribution in [0.25, 0.3) is 0 Å². The number of hydrogen-bond donors (Lipinski definition) is 2. The second-order valence-electron chi connectivity index (χ2n) is 3.25. The molecule has 1 aliphatic heterocycles. The van der Waals surface area contributed by atoms with Crippen molar-refractivity contribution < 1.29 is 14.4 Å². The number of nitrogens with one attached hydrogen (secondary N) is 1. The predicted octanol–water partition coefficient (Wildman–Crippen LogP) is -1.46. The third kappa shape index (κ3) is 2.72. The first-order valence-electron chi connectivity index (χ1n) is 4.33. The van der Waals surface area contributed by atoms with Crippen LogP contribution in [0.4, 0.5) is 0 Å². The van der Waals surface area contributed by atoms with E-state index in [1.165, 1.54) is 4.90 Å². The van der Waals surface area contributed by atoms with Gasteiger partial charge in [-0.05, 0) is 6.92 Å². The SMILES string of the molecule is CC1C(=O)NC(=O)CN1C(=O)CC(N)=S. The molecule has 0 spiro atoms. The number of nitrogens with two attached hydrogens (primary N) is 1. The molecule has 0 bridgehead atoms. The number of carbonyl (C=O) groups excluding carboxylic acids is 3. The number of nitrogens with zero attached hydrogens (tertiary/aromatic N) is 1. The summed E-state index contributed by atoms with van der Waals surface area (Å²) in [6, 6.07) is -0.662. The van der Waals surface area contributed by atoms with Crippen molar-refractivity contribution in [3.05, 3.63) is 0 Å². The highest BCUT2D eigenvalue weighted by molar-refractivity contribution is 7.80. The summed E-state index contributed by atoms with van der Waals surface area (Å²) in [5.41, 5.74) is 5.21. The van der Waals surface area contributed by atoms with Gasteiger partial charge in [-0.15, -0.1) is 0 Å². The van der Waals surface area contributed by atoms with E-state index in [0.717, 1.165) is 0 Å². The van der Waals surface area contributed by atoms with E-state index in [1.54, 1.807) is 6.92 Å². The monoisotopic (exact) mass is 229 g/mol. The van der Waals surface area contributed by atoms with Crippen molar-refractivity contribution in [3.8, 4) is 0 Å². The van der Waals surface area contributed by atoms with Gasteiger partial charge < -0.3 is 10.6 Å². The largest absolute Gasteiger partial charge is 0.393 e. The molecule has 1 fully saturated rings. The highest BCUT2D eigenvalue weighted by Crippen LogP contribution is 2.06. The highest BCUT2D eigenvalue weighted by atomic mass is 32.1. The summed E-state index contributed by atoms with van der Waals surface area (Å²) in [6.07, 6.45) is -0.125. The van der Waals surface area contributed by atoms with Crippen LogP contribution in [0.2, 0.25) is 0 Å². The summed E-state index contributed by atoms with van der Waals surface area (Å²) in [6.45, 7) is 1.41. The van der Waals surface area contributed by atoms with Gasteiger partial charge in [0.15, 0.2) is 0 Å². The Hall–Kier alpha value is -1.50. The minimum atomic E-state index is -0.662. The van der Waals surface area contributed by atoms with Crippen molar-refractivity contribution in [3.63, 3.8) is 0 Å². The first-order chi connectivity index (χ1) is 6.91. The highest BCUT2D eigenvalue weighted by Gasteiger charge is 2.33. The van der Waals surface area contributed by atoms with E-state index in [9.17, 15) is 14.4 Å². The average molecular weight is 229 g/mol. The Morgan fingerprint density at radius 1 is 1.67 bits per heavy atom. The van der Waals surface area contributed by atoms with E-state index in [1.807, 2.05) is 0 Å². The van der Waals surface area contributed by atoms with E-state index < -0.39 is 23.8 Å². The van der Waals surface area contributed by atoms with Crippen LogP contribution in [-0.2, 0) is 14.4 Å². The zero-order valence-electron chi connectivity index (χ0n) is 8.15. The topological polar surface area (TPSA) is 92.5 Å². The number of hydrogen-bond acceptors (Lipinski definition) is 4. The molecule has 0 aliphatic carbocycles. The summed E-state index contributed by atoms with van der Waals surface area (Å²) < 4.78 is 0. The average Bonchev–Trinajstić information content (AvgIpc) is 2.09. The van der Waals surface area contributed by atoms with Crippen LogP contribution in [0.15, 0.2) is 0 Å². The molecule has 3 N–H and O–H groups in total. The quantitative estimate of drug-likeness (QED) is 0.446. The molecule has 82 valence electrons. The molecule has 1 unspecified atom stereocenters. The molecule has 6 nitrogen and oxygen atoms in total. The summed E-state index contributed by atoms with van der Waals surface area (Å²) in [7, 11) is 0. The van der Waals surface area contributed by atoms with E-state index >= 15 is 0 Å². The second kappa shape index (κ2) is 4.35. The number of carbonyl (C=O) groups is 3.